The van der Waals surface area contributed by atoms with E-state index in [1.807, 2.05) is 6.07 Å². The summed E-state index contributed by atoms with van der Waals surface area (Å²) in [5.74, 6) is -0.288. The van der Waals surface area contributed by atoms with Gasteiger partial charge in [0, 0.05) is 23.7 Å². The second kappa shape index (κ2) is 5.72. The van der Waals surface area contributed by atoms with Crippen molar-refractivity contribution in [1.29, 1.82) is 0 Å². The third kappa shape index (κ3) is 2.98. The van der Waals surface area contributed by atoms with E-state index in [4.69, 9.17) is 23.2 Å². The van der Waals surface area contributed by atoms with Crippen LogP contribution in [0.3, 0.4) is 0 Å². The van der Waals surface area contributed by atoms with Crippen molar-refractivity contribution in [2.45, 2.75) is 25.4 Å². The molecule has 0 heterocycles. The molecule has 3 rings (SSSR count). The molecule has 104 valence electrons. The molecular formula is C16H14Cl2FN. The molecule has 1 aliphatic rings. The van der Waals surface area contributed by atoms with E-state index in [0.717, 1.165) is 12.1 Å². The summed E-state index contributed by atoms with van der Waals surface area (Å²) in [5.41, 5.74) is 2.17. The van der Waals surface area contributed by atoms with Crippen molar-refractivity contribution in [2.24, 2.45) is 0 Å². The maximum atomic E-state index is 14.1. The Balaban J connectivity index is 1.94. The zero-order valence-electron chi connectivity index (χ0n) is 10.8. The molecule has 0 radical (unpaired) electrons. The average Bonchev–Trinajstić information content (AvgIpc) is 3.25. The van der Waals surface area contributed by atoms with Crippen molar-refractivity contribution in [1.82, 2.24) is 5.32 Å². The summed E-state index contributed by atoms with van der Waals surface area (Å²) in [4.78, 5) is 0. The van der Waals surface area contributed by atoms with Gasteiger partial charge in [-0.25, -0.2) is 4.39 Å². The first-order chi connectivity index (χ1) is 9.65. The van der Waals surface area contributed by atoms with E-state index in [0.29, 0.717) is 27.2 Å². The summed E-state index contributed by atoms with van der Waals surface area (Å²) in [7, 11) is 0. The van der Waals surface area contributed by atoms with Gasteiger partial charge < -0.3 is 5.32 Å². The lowest BCUT2D eigenvalue weighted by atomic mass is 10.0. The molecule has 0 saturated heterocycles. The van der Waals surface area contributed by atoms with E-state index in [-0.39, 0.29) is 5.82 Å². The van der Waals surface area contributed by atoms with Gasteiger partial charge in [0.1, 0.15) is 5.82 Å². The Bertz CT molecular complexity index is 638. The summed E-state index contributed by atoms with van der Waals surface area (Å²) >= 11 is 12.2. The minimum absolute atomic E-state index is 0.288. The number of halogens is 3. The van der Waals surface area contributed by atoms with Crippen LogP contribution < -0.4 is 5.32 Å². The molecule has 20 heavy (non-hydrogen) atoms. The number of nitrogens with one attached hydrogen (secondary N) is 1. The predicted molar refractivity (Wildman–Crippen MR) is 81.7 cm³/mol. The molecular weight excluding hydrogens is 296 g/mol. The first kappa shape index (κ1) is 13.9. The molecule has 0 bridgehead atoms. The number of rotatable bonds is 4. The summed E-state index contributed by atoms with van der Waals surface area (Å²) in [5, 5.41) is 4.24. The van der Waals surface area contributed by atoms with E-state index in [9.17, 15) is 4.39 Å². The summed E-state index contributed by atoms with van der Waals surface area (Å²) in [6.45, 7) is 0.746. The Morgan fingerprint density at radius 3 is 2.65 bits per heavy atom. The number of hydrogen-bond acceptors (Lipinski definition) is 1. The highest BCUT2D eigenvalue weighted by Gasteiger charge is 2.20. The SMILES string of the molecule is Fc1ccc(CNC2CC2)cc1-c1cccc(Cl)c1Cl. The Kier molecular flexibility index (Phi) is 3.97. The number of benzene rings is 2. The van der Waals surface area contributed by atoms with Crippen LogP contribution in [-0.4, -0.2) is 6.04 Å². The highest BCUT2D eigenvalue weighted by molar-refractivity contribution is 6.43. The number of hydrogen-bond donors (Lipinski definition) is 1. The molecule has 0 aliphatic heterocycles. The van der Waals surface area contributed by atoms with E-state index < -0.39 is 0 Å². The van der Waals surface area contributed by atoms with Gasteiger partial charge in [-0.15, -0.1) is 0 Å². The molecule has 0 atom stereocenters. The van der Waals surface area contributed by atoms with E-state index in [2.05, 4.69) is 5.32 Å². The van der Waals surface area contributed by atoms with Crippen LogP contribution in [0, 0.1) is 5.82 Å². The molecule has 2 aromatic rings. The van der Waals surface area contributed by atoms with E-state index in [1.165, 1.54) is 18.9 Å². The molecule has 2 aromatic carbocycles. The van der Waals surface area contributed by atoms with Crippen molar-refractivity contribution < 1.29 is 4.39 Å². The van der Waals surface area contributed by atoms with Crippen LogP contribution in [0.2, 0.25) is 10.0 Å². The van der Waals surface area contributed by atoms with Crippen molar-refractivity contribution >= 4 is 23.2 Å². The van der Waals surface area contributed by atoms with Gasteiger partial charge in [0.05, 0.1) is 10.0 Å². The van der Waals surface area contributed by atoms with Gasteiger partial charge >= 0.3 is 0 Å². The molecule has 1 aliphatic carbocycles. The van der Waals surface area contributed by atoms with Gasteiger partial charge in [0.15, 0.2) is 0 Å². The second-order valence-electron chi connectivity index (χ2n) is 5.07. The molecule has 0 amide bonds. The molecule has 1 fully saturated rings. The van der Waals surface area contributed by atoms with Gasteiger partial charge in [-0.05, 0) is 36.6 Å². The van der Waals surface area contributed by atoms with Crippen LogP contribution in [0.4, 0.5) is 4.39 Å². The Morgan fingerprint density at radius 1 is 1.10 bits per heavy atom. The standard InChI is InChI=1S/C16H14Cl2FN/c17-14-3-1-2-12(16(14)18)13-8-10(4-7-15(13)19)9-20-11-5-6-11/h1-4,7-8,11,20H,5-6,9H2. The van der Waals surface area contributed by atoms with Gasteiger partial charge in [-0.2, -0.15) is 0 Å². The van der Waals surface area contributed by atoms with Gasteiger partial charge in [0.25, 0.3) is 0 Å². The normalized spacial score (nSPS) is 14.6. The van der Waals surface area contributed by atoms with Crippen molar-refractivity contribution in [3.8, 4) is 11.1 Å². The maximum Gasteiger partial charge on any atom is 0.131 e. The molecule has 1 nitrogen and oxygen atoms in total. The lowest BCUT2D eigenvalue weighted by Gasteiger charge is -2.10. The molecule has 4 heteroatoms. The predicted octanol–water partition coefficient (Wildman–Crippen LogP) is 5.05. The van der Waals surface area contributed by atoms with Gasteiger partial charge in [-0.1, -0.05) is 41.4 Å². The zero-order valence-corrected chi connectivity index (χ0v) is 12.3. The fourth-order valence-corrected chi connectivity index (χ4v) is 2.55. The highest BCUT2D eigenvalue weighted by atomic mass is 35.5. The van der Waals surface area contributed by atoms with Crippen LogP contribution in [0.5, 0.6) is 0 Å². The van der Waals surface area contributed by atoms with Gasteiger partial charge in [0.2, 0.25) is 0 Å². The third-order valence-corrected chi connectivity index (χ3v) is 4.26. The molecule has 0 spiro atoms. The van der Waals surface area contributed by atoms with Crippen molar-refractivity contribution in [2.75, 3.05) is 0 Å². The zero-order chi connectivity index (χ0) is 14.1. The average molecular weight is 310 g/mol. The fraction of sp³-hybridized carbons (Fsp3) is 0.250. The van der Waals surface area contributed by atoms with Crippen LogP contribution >= 0.6 is 23.2 Å². The molecule has 1 N–H and O–H groups in total. The molecule has 0 unspecified atom stereocenters. The van der Waals surface area contributed by atoms with Crippen LogP contribution in [0.15, 0.2) is 36.4 Å². The van der Waals surface area contributed by atoms with Crippen molar-refractivity contribution in [3.05, 3.63) is 57.8 Å². The van der Waals surface area contributed by atoms with Crippen LogP contribution in [0.1, 0.15) is 18.4 Å². The topological polar surface area (TPSA) is 12.0 Å². The molecule has 0 aromatic heterocycles. The quantitative estimate of drug-likeness (QED) is 0.833. The minimum Gasteiger partial charge on any atom is -0.310 e. The summed E-state index contributed by atoms with van der Waals surface area (Å²) in [6, 6.07) is 11.0. The Hall–Kier alpha value is -1.09. The van der Waals surface area contributed by atoms with Gasteiger partial charge in [-0.3, -0.25) is 0 Å². The lowest BCUT2D eigenvalue weighted by molar-refractivity contribution is 0.628. The molecule has 1 saturated carbocycles. The fourth-order valence-electron chi connectivity index (χ4n) is 2.15. The first-order valence-electron chi connectivity index (χ1n) is 6.61. The third-order valence-electron chi connectivity index (χ3n) is 3.44. The Morgan fingerprint density at radius 2 is 1.90 bits per heavy atom. The van der Waals surface area contributed by atoms with Crippen LogP contribution in [-0.2, 0) is 6.54 Å². The first-order valence-corrected chi connectivity index (χ1v) is 7.37. The largest absolute Gasteiger partial charge is 0.310 e. The van der Waals surface area contributed by atoms with E-state index in [1.54, 1.807) is 24.3 Å². The van der Waals surface area contributed by atoms with E-state index >= 15 is 0 Å². The minimum atomic E-state index is -0.288. The second-order valence-corrected chi connectivity index (χ2v) is 5.86. The van der Waals surface area contributed by atoms with Crippen LogP contribution in [0.25, 0.3) is 11.1 Å². The summed E-state index contributed by atoms with van der Waals surface area (Å²) < 4.78 is 14.1. The van der Waals surface area contributed by atoms with Crippen molar-refractivity contribution in [3.63, 3.8) is 0 Å². The monoisotopic (exact) mass is 309 g/mol. The Labute approximate surface area is 127 Å². The summed E-state index contributed by atoms with van der Waals surface area (Å²) in [6.07, 6.45) is 2.46. The smallest absolute Gasteiger partial charge is 0.131 e. The maximum absolute atomic E-state index is 14.1. The highest BCUT2D eigenvalue weighted by Crippen LogP contribution is 2.35. The lowest BCUT2D eigenvalue weighted by Crippen LogP contribution is -2.15.